The van der Waals surface area contributed by atoms with Crippen molar-refractivity contribution in [1.82, 2.24) is 0 Å². The van der Waals surface area contributed by atoms with Crippen molar-refractivity contribution in [2.24, 2.45) is 0 Å². The number of alkyl halides is 1. The molecule has 0 atom stereocenters. The van der Waals surface area contributed by atoms with Gasteiger partial charge in [-0.05, 0) is 204 Å². The molecule has 0 amide bonds. The first-order chi connectivity index (χ1) is 36.2. The van der Waals surface area contributed by atoms with Crippen LogP contribution in [0.15, 0.2) is 135 Å². The monoisotopic (exact) mass is 1080 g/mol. The Morgan fingerprint density at radius 3 is 1.07 bits per heavy atom. The predicted octanol–water partition coefficient (Wildman–Crippen LogP) is 16.1. The third kappa shape index (κ3) is 25.7. The second-order valence-electron chi connectivity index (χ2n) is 19.2. The van der Waals surface area contributed by atoms with Crippen LogP contribution < -0.4 is 9.47 Å². The number of halogens is 1. The van der Waals surface area contributed by atoms with E-state index in [4.69, 9.17) is 28.7 Å². The number of carbonyl (C=O) groups is 2. The maximum atomic E-state index is 11.0. The highest BCUT2D eigenvalue weighted by Crippen LogP contribution is 2.42. The van der Waals surface area contributed by atoms with Crippen molar-refractivity contribution < 1.29 is 48.5 Å². The van der Waals surface area contributed by atoms with E-state index in [1.54, 1.807) is 30.3 Å². The molecule has 11 heteroatoms. The van der Waals surface area contributed by atoms with Crippen LogP contribution in [-0.4, -0.2) is 67.1 Å². The molecule has 2 aliphatic carbocycles. The Morgan fingerprint density at radius 1 is 0.432 bits per heavy atom. The van der Waals surface area contributed by atoms with Gasteiger partial charge in [-0.2, -0.15) is 0 Å². The van der Waals surface area contributed by atoms with E-state index in [1.807, 2.05) is 24.3 Å². The summed E-state index contributed by atoms with van der Waals surface area (Å²) in [5.74, 6) is 4.39. The highest BCUT2D eigenvalue weighted by Gasteiger charge is 2.25. The summed E-state index contributed by atoms with van der Waals surface area (Å²) in [4.78, 5) is 31.6. The van der Waals surface area contributed by atoms with Gasteiger partial charge >= 0.3 is 11.9 Å². The molecule has 404 valence electrons. The zero-order valence-electron chi connectivity index (χ0n) is 44.0. The lowest BCUT2D eigenvalue weighted by Gasteiger charge is -2.29. The second-order valence-corrected chi connectivity index (χ2v) is 20.0. The largest absolute Gasteiger partial charge is 0.508 e. The number of benzene rings is 4. The van der Waals surface area contributed by atoms with E-state index in [0.717, 1.165) is 87.6 Å². The van der Waals surface area contributed by atoms with Gasteiger partial charge in [0.15, 0.2) is 0 Å². The molecule has 0 aliphatic heterocycles. The summed E-state index contributed by atoms with van der Waals surface area (Å²) in [6, 6.07) is 32.8. The highest BCUT2D eigenvalue weighted by molar-refractivity contribution is 9.09. The van der Waals surface area contributed by atoms with Gasteiger partial charge in [-0.15, -0.1) is 6.58 Å². The molecule has 4 aromatic rings. The fourth-order valence-electron chi connectivity index (χ4n) is 9.41. The number of esters is 2. The Labute approximate surface area is 451 Å². The normalized spacial score (nSPS) is 17.0. The van der Waals surface area contributed by atoms with Crippen LogP contribution in [0.5, 0.6) is 23.0 Å². The first kappa shape index (κ1) is 61.2. The molecule has 74 heavy (non-hydrogen) atoms. The molecular weight excluding hydrogens is 997 g/mol. The summed E-state index contributed by atoms with van der Waals surface area (Å²) in [5.41, 5.74) is 5.53. The summed E-state index contributed by atoms with van der Waals surface area (Å²) in [7, 11) is 0. The van der Waals surface area contributed by atoms with Gasteiger partial charge in [0.2, 0.25) is 0 Å². The number of aromatic hydroxyl groups is 2. The van der Waals surface area contributed by atoms with E-state index in [9.17, 15) is 19.8 Å². The fraction of sp³-hybridized carbons (Fsp3) is 0.492. The third-order valence-electron chi connectivity index (χ3n) is 13.7. The van der Waals surface area contributed by atoms with E-state index in [0.29, 0.717) is 68.2 Å². The summed E-state index contributed by atoms with van der Waals surface area (Å²) in [6.45, 7) is 13.8. The van der Waals surface area contributed by atoms with E-state index >= 15 is 0 Å². The van der Waals surface area contributed by atoms with Crippen LogP contribution in [0.2, 0.25) is 0 Å². The van der Waals surface area contributed by atoms with E-state index in [2.05, 4.69) is 84.2 Å². The lowest BCUT2D eigenvalue weighted by atomic mass is 9.76. The van der Waals surface area contributed by atoms with E-state index < -0.39 is 0 Å². The minimum Gasteiger partial charge on any atom is -0.508 e. The van der Waals surface area contributed by atoms with Crippen molar-refractivity contribution in [2.75, 3.05) is 45.0 Å². The van der Waals surface area contributed by atoms with Crippen LogP contribution in [0.3, 0.4) is 0 Å². The first-order valence-corrected chi connectivity index (χ1v) is 28.4. The van der Waals surface area contributed by atoms with E-state index in [-0.39, 0.29) is 11.9 Å². The lowest BCUT2D eigenvalue weighted by molar-refractivity contribution is -0.286. The maximum Gasteiger partial charge on any atom is 0.330 e. The smallest absolute Gasteiger partial charge is 0.330 e. The number of hydrogen-bond acceptors (Lipinski definition) is 10. The van der Waals surface area contributed by atoms with Gasteiger partial charge in [0.1, 0.15) is 29.6 Å². The number of phenolic OH excluding ortho intramolecular Hbond substituents is 2. The van der Waals surface area contributed by atoms with Gasteiger partial charge < -0.3 is 29.2 Å². The lowest BCUT2D eigenvalue weighted by Crippen LogP contribution is -2.12. The van der Waals surface area contributed by atoms with Crippen LogP contribution in [-0.2, 0) is 28.8 Å². The fourth-order valence-corrected chi connectivity index (χ4v) is 9.81. The quantitative estimate of drug-likeness (QED) is 0.00955. The number of carbonyl (C=O) groups excluding carboxylic acids is 2. The molecule has 0 radical (unpaired) electrons. The number of rotatable bonds is 31. The Balaban J connectivity index is 0.000000302. The van der Waals surface area contributed by atoms with Crippen molar-refractivity contribution in [3.05, 3.63) is 157 Å². The number of ether oxygens (including phenoxy) is 4. The number of unbranched alkanes of at least 4 members (excludes halogenated alkanes) is 9. The second kappa shape index (κ2) is 38.2. The van der Waals surface area contributed by atoms with Crippen molar-refractivity contribution in [3.8, 4) is 23.0 Å². The summed E-state index contributed by atoms with van der Waals surface area (Å²) < 4.78 is 21.7. The molecule has 0 spiro atoms. The Morgan fingerprint density at radius 2 is 0.743 bits per heavy atom. The molecule has 0 unspecified atom stereocenters. The standard InChI is InChI=1S/C36H50O6.C18H20O2.C9H15BrO2/c1-3-25-41-42-29-12-8-7-10-27-39-35-23-19-33(20-24-35)31-15-13-30(14-16-31)32-17-21-34(22-18-32)38-26-9-5-6-11-28-40-36(37)4-2;19-17-9-5-15(6-10-17)13-1-2-14(4-3-13)16-7-11-18(20)12-8-16;1-2-9(11)12-8-6-4-3-5-7-10/h3-4,17-24,30-31H,1-2,5-16,25-29H2;5-14,19-20H,1-4H2;2H,1,3-8H2. The van der Waals surface area contributed by atoms with Crippen LogP contribution in [0.25, 0.3) is 0 Å². The minimum atomic E-state index is -0.349. The molecule has 6 rings (SSSR count). The Kier molecular flexibility index (Phi) is 31.6. The van der Waals surface area contributed by atoms with Crippen molar-refractivity contribution >= 4 is 27.9 Å². The predicted molar refractivity (Wildman–Crippen MR) is 302 cm³/mol. The highest BCUT2D eigenvalue weighted by atomic mass is 79.9. The van der Waals surface area contributed by atoms with Gasteiger partial charge in [-0.25, -0.2) is 19.4 Å². The molecular formula is C63H85BrO10. The van der Waals surface area contributed by atoms with Crippen molar-refractivity contribution in [3.63, 3.8) is 0 Å². The van der Waals surface area contributed by atoms with Gasteiger partial charge in [0.05, 0.1) is 33.0 Å². The van der Waals surface area contributed by atoms with Gasteiger partial charge in [0.25, 0.3) is 0 Å². The zero-order chi connectivity index (χ0) is 52.9. The first-order valence-electron chi connectivity index (χ1n) is 27.3. The van der Waals surface area contributed by atoms with Gasteiger partial charge in [-0.3, -0.25) is 0 Å². The third-order valence-corrected chi connectivity index (χ3v) is 14.3. The van der Waals surface area contributed by atoms with Crippen molar-refractivity contribution in [1.29, 1.82) is 0 Å². The molecule has 2 aliphatic rings. The topological polar surface area (TPSA) is 130 Å². The SMILES string of the molecule is C=CC(=O)OCCCCCCBr.C=CCOOCCCCCCOc1ccc(C2CCC(c3ccc(OCCCCCCOC(=O)C=C)cc3)CC2)cc1.Oc1ccc(C2CCC(c3ccc(O)cc3)CC2)cc1. The Hall–Kier alpha value is -5.36. The molecule has 2 N–H and O–H groups in total. The summed E-state index contributed by atoms with van der Waals surface area (Å²) >= 11 is 3.35. The molecule has 2 saturated carbocycles. The number of phenols is 2. The molecule has 0 saturated heterocycles. The van der Waals surface area contributed by atoms with Gasteiger partial charge in [0, 0.05) is 17.5 Å². The Bertz CT molecular complexity index is 2050. The summed E-state index contributed by atoms with van der Waals surface area (Å²) in [5, 5.41) is 19.8. The van der Waals surface area contributed by atoms with Crippen LogP contribution >= 0.6 is 15.9 Å². The number of hydrogen-bond donors (Lipinski definition) is 2. The zero-order valence-corrected chi connectivity index (χ0v) is 45.6. The average molecular weight is 1080 g/mol. The summed E-state index contributed by atoms with van der Waals surface area (Å²) in [6.07, 6.45) is 26.4. The maximum absolute atomic E-state index is 11.0. The average Bonchev–Trinajstić information content (AvgIpc) is 3.44. The molecule has 10 nitrogen and oxygen atoms in total. The van der Waals surface area contributed by atoms with Crippen LogP contribution in [0.4, 0.5) is 0 Å². The molecule has 0 heterocycles. The van der Waals surface area contributed by atoms with Crippen LogP contribution in [0.1, 0.15) is 174 Å². The molecule has 2 fully saturated rings. The molecule has 4 aromatic carbocycles. The molecule has 0 bridgehead atoms. The van der Waals surface area contributed by atoms with Crippen molar-refractivity contribution in [2.45, 2.75) is 152 Å². The minimum absolute atomic E-state index is 0.324. The van der Waals surface area contributed by atoms with E-state index in [1.165, 1.54) is 98.6 Å². The van der Waals surface area contributed by atoms with Crippen LogP contribution in [0, 0.1) is 0 Å². The molecule has 0 aromatic heterocycles. The van der Waals surface area contributed by atoms with Gasteiger partial charge in [-0.1, -0.05) is 103 Å².